The summed E-state index contributed by atoms with van der Waals surface area (Å²) in [6.45, 7) is 0.733. The van der Waals surface area contributed by atoms with Crippen LogP contribution in [0.15, 0.2) is 43.0 Å². The zero-order valence-electron chi connectivity index (χ0n) is 15.3. The van der Waals surface area contributed by atoms with Gasteiger partial charge in [-0.1, -0.05) is 0 Å². The van der Waals surface area contributed by atoms with Crippen LogP contribution in [0.2, 0.25) is 0 Å². The average Bonchev–Trinajstić information content (AvgIpc) is 3.35. The summed E-state index contributed by atoms with van der Waals surface area (Å²) in [5.41, 5.74) is 1.48. The number of ether oxygens (including phenoxy) is 2. The summed E-state index contributed by atoms with van der Waals surface area (Å²) in [5.74, 6) is 0.0721. The molecule has 4 rings (SSSR count). The monoisotopic (exact) mass is 355 g/mol. The van der Waals surface area contributed by atoms with E-state index in [1.54, 1.807) is 26.7 Å². The number of aromatic nitrogens is 2. The third kappa shape index (κ3) is 2.83. The minimum absolute atomic E-state index is 0.0721. The minimum Gasteiger partial charge on any atom is -0.381 e. The number of hydrogen-bond acceptors (Lipinski definition) is 4. The van der Waals surface area contributed by atoms with Gasteiger partial charge in [0.2, 0.25) is 0 Å². The van der Waals surface area contributed by atoms with Crippen molar-refractivity contribution in [2.24, 2.45) is 0 Å². The lowest BCUT2D eigenvalue weighted by Gasteiger charge is -2.43. The Morgan fingerprint density at radius 2 is 2.04 bits per heavy atom. The lowest BCUT2D eigenvalue weighted by molar-refractivity contribution is -0.0893. The van der Waals surface area contributed by atoms with E-state index in [0.717, 1.165) is 37.9 Å². The predicted molar refractivity (Wildman–Crippen MR) is 97.4 cm³/mol. The molecule has 1 amide bonds. The maximum Gasteiger partial charge on any atom is 0.254 e. The van der Waals surface area contributed by atoms with Crippen molar-refractivity contribution in [3.8, 4) is 5.69 Å². The van der Waals surface area contributed by atoms with Gasteiger partial charge >= 0.3 is 0 Å². The summed E-state index contributed by atoms with van der Waals surface area (Å²) in [6, 6.07) is 7.76. The highest BCUT2D eigenvalue weighted by Crippen LogP contribution is 2.43. The van der Waals surface area contributed by atoms with Crippen LogP contribution in [0.25, 0.3) is 5.69 Å². The van der Waals surface area contributed by atoms with Crippen molar-refractivity contribution in [3.05, 3.63) is 48.5 Å². The first-order valence-corrected chi connectivity index (χ1v) is 9.14. The topological polar surface area (TPSA) is 56.6 Å². The Labute approximate surface area is 153 Å². The molecule has 1 aliphatic carbocycles. The number of hydrogen-bond donors (Lipinski definition) is 0. The largest absolute Gasteiger partial charge is 0.381 e. The zero-order chi connectivity index (χ0) is 18.1. The molecule has 1 aliphatic heterocycles. The lowest BCUT2D eigenvalue weighted by Crippen LogP contribution is -2.53. The fourth-order valence-electron chi connectivity index (χ4n) is 4.47. The van der Waals surface area contributed by atoms with Crippen LogP contribution in [0.4, 0.5) is 0 Å². The molecule has 2 aromatic rings. The fraction of sp³-hybridized carbons (Fsp3) is 0.500. The number of carbonyl (C=O) groups is 1. The molecule has 1 aromatic carbocycles. The van der Waals surface area contributed by atoms with Crippen LogP contribution in [0, 0.1) is 0 Å². The van der Waals surface area contributed by atoms with Gasteiger partial charge in [-0.25, -0.2) is 4.98 Å². The number of rotatable bonds is 4. The Balaban J connectivity index is 1.55. The zero-order valence-corrected chi connectivity index (χ0v) is 15.3. The number of imidazole rings is 1. The van der Waals surface area contributed by atoms with Gasteiger partial charge in [0.1, 0.15) is 0 Å². The van der Waals surface area contributed by atoms with Gasteiger partial charge in [-0.2, -0.15) is 0 Å². The molecule has 0 N–H and O–H groups in total. The molecule has 2 fully saturated rings. The first-order chi connectivity index (χ1) is 12.7. The Bertz CT molecular complexity index is 759. The second-order valence-corrected chi connectivity index (χ2v) is 7.18. The van der Waals surface area contributed by atoms with Crippen LogP contribution in [-0.4, -0.2) is 58.9 Å². The van der Waals surface area contributed by atoms with Crippen LogP contribution in [0.5, 0.6) is 0 Å². The van der Waals surface area contributed by atoms with Crippen LogP contribution in [0.1, 0.15) is 36.0 Å². The van der Waals surface area contributed by atoms with Crippen LogP contribution < -0.4 is 0 Å². The summed E-state index contributed by atoms with van der Waals surface area (Å²) in [7, 11) is 3.52. The van der Waals surface area contributed by atoms with Crippen molar-refractivity contribution in [1.29, 1.82) is 0 Å². The maximum absolute atomic E-state index is 13.2. The fourth-order valence-corrected chi connectivity index (χ4v) is 4.47. The summed E-state index contributed by atoms with van der Waals surface area (Å²) in [6.07, 6.45) is 9.22. The quantitative estimate of drug-likeness (QED) is 0.846. The molecule has 2 heterocycles. The van der Waals surface area contributed by atoms with E-state index in [1.165, 1.54) is 0 Å². The van der Waals surface area contributed by atoms with Crippen molar-refractivity contribution >= 4 is 5.91 Å². The third-order valence-corrected chi connectivity index (χ3v) is 6.05. The molecule has 1 saturated heterocycles. The van der Waals surface area contributed by atoms with Gasteiger partial charge < -0.3 is 18.9 Å². The second-order valence-electron chi connectivity index (χ2n) is 7.18. The molecular weight excluding hydrogens is 330 g/mol. The number of benzene rings is 1. The van der Waals surface area contributed by atoms with Crippen molar-refractivity contribution in [2.45, 2.75) is 43.4 Å². The Kier molecular flexibility index (Phi) is 4.54. The van der Waals surface area contributed by atoms with Crippen molar-refractivity contribution in [1.82, 2.24) is 14.5 Å². The van der Waals surface area contributed by atoms with Crippen molar-refractivity contribution < 1.29 is 14.3 Å². The van der Waals surface area contributed by atoms with E-state index in [9.17, 15) is 4.79 Å². The van der Waals surface area contributed by atoms with Gasteiger partial charge in [0.05, 0.1) is 24.1 Å². The number of methoxy groups -OCH3 is 2. The van der Waals surface area contributed by atoms with Gasteiger partial charge in [-0.3, -0.25) is 4.79 Å². The number of nitrogens with zero attached hydrogens (tertiary/aromatic N) is 3. The van der Waals surface area contributed by atoms with Gasteiger partial charge in [0, 0.05) is 44.4 Å². The second kappa shape index (κ2) is 6.85. The molecule has 6 nitrogen and oxygen atoms in total. The molecule has 6 heteroatoms. The van der Waals surface area contributed by atoms with Crippen molar-refractivity contribution in [2.75, 3.05) is 20.8 Å². The predicted octanol–water partition coefficient (Wildman–Crippen LogP) is 2.67. The highest BCUT2D eigenvalue weighted by Gasteiger charge is 2.52. The number of likely N-dealkylation sites (tertiary alicyclic amines) is 1. The van der Waals surface area contributed by atoms with Crippen LogP contribution >= 0.6 is 0 Å². The minimum atomic E-state index is -0.221. The Hall–Kier alpha value is -2.18. The standard InChI is InChI=1S/C20H25N3O3/c1-25-17-7-8-20(26-2)9-11-23(18(20)13-17)19(24)15-3-5-16(6-4-15)22-12-10-21-14-22/h3-6,10,12,14,17-18H,7-9,11,13H2,1-2H3/t17-,18+,20-/m1/s1. The van der Waals surface area contributed by atoms with E-state index in [2.05, 4.69) is 4.98 Å². The summed E-state index contributed by atoms with van der Waals surface area (Å²) < 4.78 is 13.4. The third-order valence-electron chi connectivity index (χ3n) is 6.05. The first-order valence-electron chi connectivity index (χ1n) is 9.14. The molecule has 2 aliphatic rings. The SMILES string of the molecule is CO[C@@H]1CC[C@@]2(OC)CCN(C(=O)c3ccc(-n4ccnc4)cc3)[C@H]2C1. The van der Waals surface area contributed by atoms with E-state index < -0.39 is 0 Å². The smallest absolute Gasteiger partial charge is 0.254 e. The number of fused-ring (bicyclic) bond motifs is 1. The summed E-state index contributed by atoms with van der Waals surface area (Å²) in [4.78, 5) is 19.2. The molecule has 0 bridgehead atoms. The Morgan fingerprint density at radius 3 is 2.69 bits per heavy atom. The summed E-state index contributed by atoms with van der Waals surface area (Å²) in [5, 5.41) is 0. The maximum atomic E-state index is 13.2. The number of carbonyl (C=O) groups excluding carboxylic acids is 1. The molecule has 0 unspecified atom stereocenters. The molecule has 1 saturated carbocycles. The molecule has 1 aromatic heterocycles. The van der Waals surface area contributed by atoms with E-state index in [0.29, 0.717) is 5.56 Å². The first kappa shape index (κ1) is 17.2. The molecule has 3 atom stereocenters. The van der Waals surface area contributed by atoms with Crippen molar-refractivity contribution in [3.63, 3.8) is 0 Å². The van der Waals surface area contributed by atoms with Gasteiger partial charge in [-0.05, 0) is 49.9 Å². The highest BCUT2D eigenvalue weighted by molar-refractivity contribution is 5.95. The lowest BCUT2D eigenvalue weighted by atomic mass is 9.79. The normalized spacial score (nSPS) is 28.2. The van der Waals surface area contributed by atoms with Crippen LogP contribution in [-0.2, 0) is 9.47 Å². The van der Waals surface area contributed by atoms with E-state index in [4.69, 9.17) is 9.47 Å². The van der Waals surface area contributed by atoms with Gasteiger partial charge in [0.15, 0.2) is 0 Å². The molecule has 0 radical (unpaired) electrons. The van der Waals surface area contributed by atoms with E-state index >= 15 is 0 Å². The average molecular weight is 355 g/mol. The highest BCUT2D eigenvalue weighted by atomic mass is 16.5. The molecule has 138 valence electrons. The van der Waals surface area contributed by atoms with Gasteiger partial charge in [-0.15, -0.1) is 0 Å². The summed E-state index contributed by atoms with van der Waals surface area (Å²) >= 11 is 0. The van der Waals surface area contributed by atoms with Crippen LogP contribution in [0.3, 0.4) is 0 Å². The molecule has 26 heavy (non-hydrogen) atoms. The van der Waals surface area contributed by atoms with E-state index in [1.807, 2.05) is 39.9 Å². The molecular formula is C20H25N3O3. The molecule has 0 spiro atoms. The number of amides is 1. The van der Waals surface area contributed by atoms with Gasteiger partial charge in [0.25, 0.3) is 5.91 Å². The van der Waals surface area contributed by atoms with E-state index in [-0.39, 0.29) is 23.7 Å². The Morgan fingerprint density at radius 1 is 1.23 bits per heavy atom.